The molecule has 9 heteroatoms. The summed E-state index contributed by atoms with van der Waals surface area (Å²) in [4.78, 5) is 18.9. The second-order valence-electron chi connectivity index (χ2n) is 10.3. The van der Waals surface area contributed by atoms with E-state index in [4.69, 9.17) is 14.6 Å². The molecular formula is C28H30N4O4S. The van der Waals surface area contributed by atoms with Crippen LogP contribution in [-0.2, 0) is 32.6 Å². The molecule has 3 aliphatic heterocycles. The van der Waals surface area contributed by atoms with Gasteiger partial charge in [0, 0.05) is 42.2 Å². The topological polar surface area (TPSA) is 76.9 Å². The van der Waals surface area contributed by atoms with Crippen LogP contribution in [0.15, 0.2) is 47.4 Å². The average Bonchev–Trinajstić information content (AvgIpc) is 3.63. The van der Waals surface area contributed by atoms with Gasteiger partial charge in [0.25, 0.3) is 5.91 Å². The average molecular weight is 519 g/mol. The molecule has 3 fully saturated rings. The summed E-state index contributed by atoms with van der Waals surface area (Å²) in [5.41, 5.74) is 6.18. The largest absolute Gasteiger partial charge is 0.379 e. The van der Waals surface area contributed by atoms with Crippen LogP contribution in [0.1, 0.15) is 33.6 Å². The Hall–Kier alpha value is -2.85. The Labute approximate surface area is 218 Å². The fraction of sp³-hybridized carbons (Fsp3) is 0.429. The first-order valence-corrected chi connectivity index (χ1v) is 14.3. The van der Waals surface area contributed by atoms with E-state index in [1.807, 2.05) is 34.7 Å². The van der Waals surface area contributed by atoms with Crippen molar-refractivity contribution in [1.82, 2.24) is 19.6 Å². The van der Waals surface area contributed by atoms with Gasteiger partial charge in [0.15, 0.2) is 5.69 Å². The molecule has 0 bridgehead atoms. The number of nitrogens with zero attached hydrogens (tertiary/aromatic N) is 4. The lowest BCUT2D eigenvalue weighted by atomic mass is 10.0. The monoisotopic (exact) mass is 518 g/mol. The molecule has 3 unspecified atom stereocenters. The number of carbonyl (C=O) groups is 1. The number of hydrogen-bond donors (Lipinski definition) is 0. The second kappa shape index (κ2) is 9.16. The van der Waals surface area contributed by atoms with Gasteiger partial charge in [-0.2, -0.15) is 5.10 Å². The molecule has 3 atom stereocenters. The number of aryl methyl sites for hydroxylation is 1. The van der Waals surface area contributed by atoms with E-state index in [0.717, 1.165) is 72.2 Å². The van der Waals surface area contributed by atoms with Gasteiger partial charge in [-0.15, -0.1) is 0 Å². The number of hydrogen-bond acceptors (Lipinski definition) is 6. The molecule has 1 aliphatic carbocycles. The van der Waals surface area contributed by atoms with Crippen molar-refractivity contribution in [3.63, 3.8) is 0 Å². The quantitative estimate of drug-likeness (QED) is 0.529. The Morgan fingerprint density at radius 1 is 1.08 bits per heavy atom. The van der Waals surface area contributed by atoms with E-state index in [1.165, 1.54) is 5.56 Å². The van der Waals surface area contributed by atoms with Gasteiger partial charge < -0.3 is 14.4 Å². The fourth-order valence-electron chi connectivity index (χ4n) is 5.83. The smallest absolute Gasteiger partial charge is 0.275 e. The molecule has 37 heavy (non-hydrogen) atoms. The summed E-state index contributed by atoms with van der Waals surface area (Å²) in [6, 6.07) is 14.5. The molecule has 1 saturated carbocycles. The lowest BCUT2D eigenvalue weighted by molar-refractivity contribution is 0.0258. The SMILES string of the molecule is Cc1cccc2c1-c1c(c(C(=O)N3CCOC4CC43)nn1-c1ccc(CN3CCOCC3)cc1)CS2=O. The third kappa shape index (κ3) is 4.05. The lowest BCUT2D eigenvalue weighted by Gasteiger charge is -2.26. The number of amides is 1. The first-order valence-electron chi connectivity index (χ1n) is 13.0. The highest BCUT2D eigenvalue weighted by atomic mass is 32.2. The summed E-state index contributed by atoms with van der Waals surface area (Å²) in [5, 5.41) is 4.93. The molecule has 1 amide bonds. The van der Waals surface area contributed by atoms with Gasteiger partial charge >= 0.3 is 0 Å². The van der Waals surface area contributed by atoms with E-state index in [9.17, 15) is 9.00 Å². The van der Waals surface area contributed by atoms with Crippen LogP contribution in [0.25, 0.3) is 16.9 Å². The Morgan fingerprint density at radius 3 is 2.70 bits per heavy atom. The highest BCUT2D eigenvalue weighted by Gasteiger charge is 2.49. The molecule has 7 rings (SSSR count). The predicted molar refractivity (Wildman–Crippen MR) is 139 cm³/mol. The third-order valence-electron chi connectivity index (χ3n) is 7.89. The van der Waals surface area contributed by atoms with E-state index in [0.29, 0.717) is 24.6 Å². The molecule has 8 nitrogen and oxygen atoms in total. The van der Waals surface area contributed by atoms with Gasteiger partial charge in [-0.3, -0.25) is 13.9 Å². The maximum Gasteiger partial charge on any atom is 0.275 e. The van der Waals surface area contributed by atoms with Gasteiger partial charge in [-0.25, -0.2) is 4.68 Å². The third-order valence-corrected chi connectivity index (χ3v) is 9.28. The number of aromatic nitrogens is 2. The van der Waals surface area contributed by atoms with Crippen LogP contribution >= 0.6 is 0 Å². The number of fused-ring (bicyclic) bond motifs is 4. The summed E-state index contributed by atoms with van der Waals surface area (Å²) >= 11 is 0. The van der Waals surface area contributed by atoms with Crippen molar-refractivity contribution in [3.8, 4) is 16.9 Å². The highest BCUT2D eigenvalue weighted by Crippen LogP contribution is 2.42. The van der Waals surface area contributed by atoms with E-state index in [1.54, 1.807) is 0 Å². The normalized spacial score (nSPS) is 24.8. The zero-order chi connectivity index (χ0) is 25.1. The van der Waals surface area contributed by atoms with E-state index >= 15 is 0 Å². The lowest BCUT2D eigenvalue weighted by Crippen LogP contribution is -2.41. The van der Waals surface area contributed by atoms with E-state index < -0.39 is 10.8 Å². The molecule has 0 N–H and O–H groups in total. The van der Waals surface area contributed by atoms with Crippen LogP contribution in [0.3, 0.4) is 0 Å². The summed E-state index contributed by atoms with van der Waals surface area (Å²) in [7, 11) is -1.23. The zero-order valence-corrected chi connectivity index (χ0v) is 21.7. The van der Waals surface area contributed by atoms with E-state index in [2.05, 4.69) is 29.2 Å². The Morgan fingerprint density at radius 2 is 1.89 bits per heavy atom. The molecule has 3 aromatic rings. The molecule has 4 heterocycles. The number of ether oxygens (including phenoxy) is 2. The van der Waals surface area contributed by atoms with Crippen molar-refractivity contribution in [2.24, 2.45) is 0 Å². The summed E-state index contributed by atoms with van der Waals surface area (Å²) in [5.74, 6) is 0.212. The Kier molecular flexibility index (Phi) is 5.77. The molecule has 4 aliphatic rings. The first-order chi connectivity index (χ1) is 18.1. The van der Waals surface area contributed by atoms with E-state index in [-0.39, 0.29) is 18.1 Å². The van der Waals surface area contributed by atoms with Gasteiger partial charge in [0.2, 0.25) is 0 Å². The van der Waals surface area contributed by atoms with Gasteiger partial charge in [0.1, 0.15) is 0 Å². The van der Waals surface area contributed by atoms with Gasteiger partial charge in [0.05, 0.1) is 59.9 Å². The van der Waals surface area contributed by atoms with Crippen LogP contribution in [-0.4, -0.2) is 81.3 Å². The minimum absolute atomic E-state index is 0.0798. The van der Waals surface area contributed by atoms with Crippen molar-refractivity contribution in [3.05, 3.63) is 64.8 Å². The number of rotatable bonds is 4. The van der Waals surface area contributed by atoms with Crippen molar-refractivity contribution < 1.29 is 18.5 Å². The standard InChI is InChI=1S/C28H30N4O4S/c1-18-3-2-4-24-25(18)27-21(17-37(24)34)26(28(33)31-11-14-36-23-15-22(23)31)29-32(27)20-7-5-19(6-8-20)16-30-9-12-35-13-10-30/h2-8,22-23H,9-17H2,1H3. The maximum absolute atomic E-state index is 13.8. The molecule has 2 saturated heterocycles. The molecule has 2 aromatic carbocycles. The van der Waals surface area contributed by atoms with Crippen molar-refractivity contribution >= 4 is 16.7 Å². The molecular weight excluding hydrogens is 488 g/mol. The minimum Gasteiger partial charge on any atom is -0.379 e. The summed E-state index contributed by atoms with van der Waals surface area (Å²) in [6.07, 6.45) is 1.03. The maximum atomic E-state index is 13.8. The molecule has 0 spiro atoms. The van der Waals surface area contributed by atoms with Crippen molar-refractivity contribution in [2.45, 2.75) is 42.7 Å². The number of carbonyl (C=O) groups excluding carboxylic acids is 1. The van der Waals surface area contributed by atoms with Gasteiger partial charge in [-0.05, 0) is 42.7 Å². The Bertz CT molecular complexity index is 1400. The number of benzene rings is 2. The summed E-state index contributed by atoms with van der Waals surface area (Å²) in [6.45, 7) is 7.47. The molecule has 192 valence electrons. The molecule has 0 radical (unpaired) electrons. The van der Waals surface area contributed by atoms with Crippen molar-refractivity contribution in [1.29, 1.82) is 0 Å². The minimum atomic E-state index is -1.23. The predicted octanol–water partition coefficient (Wildman–Crippen LogP) is 2.91. The Balaban J connectivity index is 1.31. The van der Waals surface area contributed by atoms with Crippen molar-refractivity contribution in [2.75, 3.05) is 39.5 Å². The van der Waals surface area contributed by atoms with Crippen LogP contribution in [0.4, 0.5) is 0 Å². The fourth-order valence-corrected chi connectivity index (χ4v) is 7.24. The summed E-state index contributed by atoms with van der Waals surface area (Å²) < 4.78 is 26.4. The van der Waals surface area contributed by atoms with Crippen LogP contribution in [0.2, 0.25) is 0 Å². The van der Waals surface area contributed by atoms with Crippen LogP contribution in [0, 0.1) is 6.92 Å². The molecule has 1 aromatic heterocycles. The van der Waals surface area contributed by atoms with Crippen LogP contribution in [0.5, 0.6) is 0 Å². The second-order valence-corrected chi connectivity index (χ2v) is 11.7. The number of morpholine rings is 2. The van der Waals surface area contributed by atoms with Gasteiger partial charge in [-0.1, -0.05) is 24.3 Å². The van der Waals surface area contributed by atoms with Crippen LogP contribution < -0.4 is 0 Å². The first kappa shape index (κ1) is 23.3. The zero-order valence-electron chi connectivity index (χ0n) is 20.9. The highest BCUT2D eigenvalue weighted by molar-refractivity contribution is 7.84.